The van der Waals surface area contributed by atoms with Crippen molar-refractivity contribution < 1.29 is 25.8 Å². The molecule has 0 aliphatic heterocycles. The van der Waals surface area contributed by atoms with Crippen LogP contribution in [-0.2, 0) is 33.9 Å². The maximum Gasteiger partial charge on any atom is 2.00 e. The quantitative estimate of drug-likeness (QED) is 0.122. The number of hydrogen-bond acceptors (Lipinski definition) is 3. The Morgan fingerprint density at radius 2 is 1.37 bits per heavy atom. The molecule has 0 amide bonds. The van der Waals surface area contributed by atoms with Crippen LogP contribution in [-0.4, -0.2) is 19.3 Å². The average Bonchev–Trinajstić information content (AvgIpc) is 3.66. The van der Waals surface area contributed by atoms with Gasteiger partial charge < -0.3 is 9.30 Å². The van der Waals surface area contributed by atoms with Crippen LogP contribution in [0, 0.1) is 53.7 Å². The molecule has 0 bridgehead atoms. The Balaban J connectivity index is 0.00000464. The molecule has 0 aliphatic carbocycles. The van der Waals surface area contributed by atoms with Gasteiger partial charge in [0.05, 0.1) is 5.69 Å². The van der Waals surface area contributed by atoms with Crippen LogP contribution in [0.2, 0.25) is 0 Å². The fraction of sp³-hybridized carbons (Fsp3) is 0.304. The average molecular weight is 868 g/mol. The largest absolute Gasteiger partial charge is 2.00 e. The van der Waals surface area contributed by atoms with Crippen molar-refractivity contribution in [3.63, 3.8) is 0 Å². The number of aryl methyl sites for hydroxylation is 2. The van der Waals surface area contributed by atoms with Crippen LogP contribution in [0.4, 0.5) is 0 Å². The third-order valence-corrected chi connectivity index (χ3v) is 10.7. The molecule has 0 aliphatic rings. The smallest absolute Gasteiger partial charge is 0.509 e. The first kappa shape index (κ1) is 37.3. The minimum Gasteiger partial charge on any atom is -0.509 e. The molecule has 0 atom stereocenters. The first-order chi connectivity index (χ1) is 24.7. The van der Waals surface area contributed by atoms with Crippen LogP contribution in [0.1, 0.15) is 84.3 Å². The van der Waals surface area contributed by atoms with E-state index >= 15 is 0 Å². The molecular formula is C46H48N4OPt. The summed E-state index contributed by atoms with van der Waals surface area (Å²) in [7, 11) is 0. The van der Waals surface area contributed by atoms with Crippen LogP contribution < -0.4 is 4.74 Å². The van der Waals surface area contributed by atoms with E-state index in [2.05, 4.69) is 119 Å². The Bertz CT molecular complexity index is 2370. The second-order valence-electron chi connectivity index (χ2n) is 14.0. The maximum atomic E-state index is 6.56. The molecular weight excluding hydrogens is 820 g/mol. The van der Waals surface area contributed by atoms with Crippen LogP contribution in [0.15, 0.2) is 72.9 Å². The van der Waals surface area contributed by atoms with E-state index in [4.69, 9.17) is 14.8 Å². The molecule has 0 spiro atoms. The fourth-order valence-electron chi connectivity index (χ4n) is 7.51. The summed E-state index contributed by atoms with van der Waals surface area (Å²) in [4.78, 5) is 4.73. The fourth-order valence-corrected chi connectivity index (χ4v) is 7.51. The molecule has 0 N–H and O–H groups in total. The first-order valence-corrected chi connectivity index (χ1v) is 18.5. The molecule has 268 valence electrons. The molecule has 0 saturated heterocycles. The van der Waals surface area contributed by atoms with Gasteiger partial charge in [-0.05, 0) is 135 Å². The van der Waals surface area contributed by atoms with E-state index in [1.165, 1.54) is 50.3 Å². The Morgan fingerprint density at radius 1 is 0.673 bits per heavy atom. The molecule has 7 aromatic rings. The standard InChI is InChI=1S/C46H48N4O.Pt/c1-9-11-19-40-46(45-33(7)31(5)30(4)32(6)34(45)8)42(20-12-10-2)50(48-40)35-16-15-17-36(27-35)51-37-22-23-39-38-18-13-14-21-41(38)49(43(39)28-37)44-26-29(3)24-25-47-44;/h13-18,21-26H,9-12,19-20H2,1-8H3;/q-2;+2. The Hall–Kier alpha value is -4.47. The van der Waals surface area contributed by atoms with Gasteiger partial charge in [0.15, 0.2) is 0 Å². The predicted octanol–water partition coefficient (Wildman–Crippen LogP) is 12.0. The summed E-state index contributed by atoms with van der Waals surface area (Å²) in [5.41, 5.74) is 16.0. The van der Waals surface area contributed by atoms with Crippen LogP contribution in [0.3, 0.4) is 0 Å². The van der Waals surface area contributed by atoms with Gasteiger partial charge in [0, 0.05) is 34.5 Å². The number of nitrogens with zero attached hydrogens (tertiary/aromatic N) is 4. The molecule has 0 fully saturated rings. The van der Waals surface area contributed by atoms with E-state index in [-0.39, 0.29) is 21.1 Å². The number of rotatable bonds is 11. The number of unbranched alkanes of at least 4 members (excludes halogenated alkanes) is 2. The Morgan fingerprint density at radius 3 is 2.10 bits per heavy atom. The van der Waals surface area contributed by atoms with Crippen molar-refractivity contribution in [2.75, 3.05) is 0 Å². The summed E-state index contributed by atoms with van der Waals surface area (Å²) >= 11 is 0. The van der Waals surface area contributed by atoms with Gasteiger partial charge in [-0.1, -0.05) is 50.4 Å². The van der Waals surface area contributed by atoms with E-state index in [9.17, 15) is 0 Å². The second-order valence-corrected chi connectivity index (χ2v) is 14.0. The van der Waals surface area contributed by atoms with Crippen molar-refractivity contribution in [1.82, 2.24) is 19.3 Å². The van der Waals surface area contributed by atoms with Crippen molar-refractivity contribution in [3.8, 4) is 34.1 Å². The number of pyridine rings is 1. The molecule has 3 heterocycles. The molecule has 7 rings (SSSR count). The van der Waals surface area contributed by atoms with E-state index in [0.29, 0.717) is 11.5 Å². The van der Waals surface area contributed by atoms with Gasteiger partial charge in [-0.2, -0.15) is 17.2 Å². The second kappa shape index (κ2) is 15.6. The van der Waals surface area contributed by atoms with E-state index in [0.717, 1.165) is 77.4 Å². The number of hydrogen-bond donors (Lipinski definition) is 0. The van der Waals surface area contributed by atoms with Gasteiger partial charge in [0.2, 0.25) is 0 Å². The summed E-state index contributed by atoms with van der Waals surface area (Å²) < 4.78 is 10.9. The van der Waals surface area contributed by atoms with E-state index in [1.54, 1.807) is 0 Å². The SMILES string of the molecule is CCCCc1nn(-c2[c-]c(Oc3[c-]c4c(cc3)c3ccccc3n4-c3cc(C)ccn3)ccc2)c(CCCC)c1-c1c(C)c(C)c(C)c(C)c1C.[Pt+2]. The third-order valence-electron chi connectivity index (χ3n) is 10.7. The molecule has 0 radical (unpaired) electrons. The summed E-state index contributed by atoms with van der Waals surface area (Å²) in [5, 5.41) is 7.65. The Kier molecular flexibility index (Phi) is 11.2. The number of para-hydroxylation sites is 1. The van der Waals surface area contributed by atoms with E-state index in [1.807, 2.05) is 30.5 Å². The number of ether oxygens (including phenoxy) is 1. The normalized spacial score (nSPS) is 11.4. The zero-order valence-corrected chi connectivity index (χ0v) is 34.0. The third kappa shape index (κ3) is 6.76. The topological polar surface area (TPSA) is 44.9 Å². The van der Waals surface area contributed by atoms with Gasteiger partial charge >= 0.3 is 21.1 Å². The van der Waals surface area contributed by atoms with Crippen molar-refractivity contribution >= 4 is 21.8 Å². The van der Waals surface area contributed by atoms with Crippen LogP contribution in [0.25, 0.3) is 44.4 Å². The zero-order valence-electron chi connectivity index (χ0n) is 31.7. The Labute approximate surface area is 323 Å². The monoisotopic (exact) mass is 867 g/mol. The van der Waals surface area contributed by atoms with Gasteiger partial charge in [-0.3, -0.25) is 4.68 Å². The summed E-state index contributed by atoms with van der Waals surface area (Å²) in [6.07, 6.45) is 8.16. The van der Waals surface area contributed by atoms with Gasteiger partial charge in [0.25, 0.3) is 0 Å². The molecule has 4 aromatic carbocycles. The number of benzene rings is 4. The van der Waals surface area contributed by atoms with Crippen molar-refractivity contribution in [2.24, 2.45) is 0 Å². The summed E-state index contributed by atoms with van der Waals surface area (Å²) in [5.74, 6) is 2.11. The number of fused-ring (bicyclic) bond motifs is 3. The zero-order chi connectivity index (χ0) is 35.8. The molecule has 0 unspecified atom stereocenters. The van der Waals surface area contributed by atoms with E-state index < -0.39 is 0 Å². The van der Waals surface area contributed by atoms with Crippen molar-refractivity contribution in [2.45, 2.75) is 93.9 Å². The van der Waals surface area contributed by atoms with Gasteiger partial charge in [0.1, 0.15) is 5.82 Å². The summed E-state index contributed by atoms with van der Waals surface area (Å²) in [6.45, 7) is 18.0. The predicted molar refractivity (Wildman–Crippen MR) is 211 cm³/mol. The van der Waals surface area contributed by atoms with Crippen LogP contribution in [0.5, 0.6) is 11.5 Å². The molecule has 6 heteroatoms. The molecule has 3 aromatic heterocycles. The first-order valence-electron chi connectivity index (χ1n) is 18.5. The van der Waals surface area contributed by atoms with Crippen molar-refractivity contribution in [1.29, 1.82) is 0 Å². The number of aromatic nitrogens is 4. The van der Waals surface area contributed by atoms with Crippen molar-refractivity contribution in [3.05, 3.63) is 130 Å². The maximum absolute atomic E-state index is 6.56. The molecule has 5 nitrogen and oxygen atoms in total. The molecule has 0 saturated carbocycles. The van der Waals surface area contributed by atoms with Gasteiger partial charge in [-0.25, -0.2) is 4.98 Å². The molecule has 52 heavy (non-hydrogen) atoms. The minimum atomic E-state index is 0. The minimum absolute atomic E-state index is 0. The summed E-state index contributed by atoms with van der Waals surface area (Å²) in [6, 6.07) is 30.0. The van der Waals surface area contributed by atoms with Crippen LogP contribution >= 0.6 is 0 Å². The van der Waals surface area contributed by atoms with Gasteiger partial charge in [-0.15, -0.1) is 35.7 Å².